The Morgan fingerprint density at radius 1 is 0.500 bits per heavy atom. The van der Waals surface area contributed by atoms with Crippen molar-refractivity contribution in [2.24, 2.45) is 0 Å². The molecule has 304 valence electrons. The minimum Gasteiger partial charge on any atom is -0.481 e. The molecule has 56 heavy (non-hydrogen) atoms. The number of carboxylic acid groups (broad SMARTS) is 4. The van der Waals surface area contributed by atoms with E-state index in [4.69, 9.17) is 29.9 Å². The largest absolute Gasteiger partial charge is 0.481 e. The first kappa shape index (κ1) is 48.5. The first-order valence-corrected chi connectivity index (χ1v) is 17.9. The Kier molecular flexibility index (Phi) is 22.8. The van der Waals surface area contributed by atoms with E-state index >= 15 is 0 Å². The summed E-state index contributed by atoms with van der Waals surface area (Å²) < 4.78 is 12.4. The van der Waals surface area contributed by atoms with Gasteiger partial charge in [0.15, 0.2) is 0 Å². The number of likely N-dealkylation sites (N-methyl/N-ethyl adjacent to an activating group) is 2. The van der Waals surface area contributed by atoms with Crippen LogP contribution >= 0.6 is 0 Å². The predicted molar refractivity (Wildman–Crippen MR) is 212 cm³/mol. The van der Waals surface area contributed by atoms with Gasteiger partial charge in [0.1, 0.15) is 11.2 Å². The minimum atomic E-state index is -1.08. The highest BCUT2D eigenvalue weighted by atomic mass is 16.5. The number of ether oxygens (including phenoxy) is 2. The molecule has 4 aromatic rings. The topological polar surface area (TPSA) is 200 Å². The third-order valence-corrected chi connectivity index (χ3v) is 7.92. The van der Waals surface area contributed by atoms with Gasteiger partial charge in [0.25, 0.3) is 0 Å². The second kappa shape index (κ2) is 26.3. The summed E-state index contributed by atoms with van der Waals surface area (Å²) in [5, 5.41) is 31.6. The normalized spacial score (nSPS) is 12.6. The molecule has 2 atom stereocenters. The number of hydrogen-bond donors (Lipinski definition) is 4. The van der Waals surface area contributed by atoms with Crippen molar-refractivity contribution in [3.63, 3.8) is 0 Å². The van der Waals surface area contributed by atoms with Gasteiger partial charge >= 0.3 is 23.9 Å². The van der Waals surface area contributed by atoms with Gasteiger partial charge in [-0.2, -0.15) is 0 Å². The molecule has 14 heteroatoms. The molecule has 0 amide bonds. The van der Waals surface area contributed by atoms with E-state index in [2.05, 4.69) is 57.9 Å². The second-order valence-corrected chi connectivity index (χ2v) is 13.1. The lowest BCUT2D eigenvalue weighted by Crippen LogP contribution is -2.32. The van der Waals surface area contributed by atoms with Crippen LogP contribution in [0.15, 0.2) is 109 Å². The minimum absolute atomic E-state index is 0.296. The van der Waals surface area contributed by atoms with Crippen molar-refractivity contribution in [2.45, 2.75) is 50.7 Å². The lowest BCUT2D eigenvalue weighted by Gasteiger charge is -2.30. The first-order chi connectivity index (χ1) is 26.5. The van der Waals surface area contributed by atoms with E-state index < -0.39 is 35.1 Å². The van der Waals surface area contributed by atoms with E-state index in [0.717, 1.165) is 35.6 Å². The highest BCUT2D eigenvalue weighted by Gasteiger charge is 2.32. The number of hydrogen-bond acceptors (Lipinski definition) is 10. The lowest BCUT2D eigenvalue weighted by molar-refractivity contribution is -0.143. The van der Waals surface area contributed by atoms with Crippen molar-refractivity contribution in [1.29, 1.82) is 0 Å². The van der Waals surface area contributed by atoms with Crippen molar-refractivity contribution in [3.05, 3.63) is 132 Å². The molecule has 2 unspecified atom stereocenters. The summed E-state index contributed by atoms with van der Waals surface area (Å²) >= 11 is 0. The van der Waals surface area contributed by atoms with Crippen LogP contribution in [-0.4, -0.2) is 119 Å². The van der Waals surface area contributed by atoms with Crippen molar-refractivity contribution in [1.82, 2.24) is 19.8 Å². The summed E-state index contributed by atoms with van der Waals surface area (Å²) in [4.78, 5) is 51.8. The van der Waals surface area contributed by atoms with Gasteiger partial charge in [-0.1, -0.05) is 72.8 Å². The Hall–Kier alpha value is -5.54. The number of aliphatic carboxylic acids is 4. The van der Waals surface area contributed by atoms with Gasteiger partial charge < -0.3 is 39.7 Å². The number of aromatic nitrogens is 2. The fraction of sp³-hybridized carbons (Fsp3) is 0.381. The number of pyridine rings is 2. The van der Waals surface area contributed by atoms with E-state index in [1.807, 2.05) is 113 Å². The van der Waals surface area contributed by atoms with Gasteiger partial charge in [-0.05, 0) is 77.4 Å². The van der Waals surface area contributed by atoms with Gasteiger partial charge in [0.05, 0.1) is 50.3 Å². The molecular weight excluding hydrogens is 720 g/mol. The van der Waals surface area contributed by atoms with Crippen LogP contribution in [0.5, 0.6) is 0 Å². The SMILES string of the molecule is CN(C)CCOC(C)(c1ccccc1)c1ccccn1.CN(C)CCOC(C)(c1ccccc1)c1ccccn1.O=C(O)CCC(=O)O.O=C(O)CCC(=O)O. The fourth-order valence-electron chi connectivity index (χ4n) is 4.71. The molecule has 14 nitrogen and oxygen atoms in total. The maximum Gasteiger partial charge on any atom is 0.303 e. The van der Waals surface area contributed by atoms with Gasteiger partial charge in [0.2, 0.25) is 0 Å². The Balaban J connectivity index is 0.000000408. The molecule has 0 saturated carbocycles. The summed E-state index contributed by atoms with van der Waals surface area (Å²) in [5.74, 6) is -4.31. The predicted octanol–water partition coefficient (Wildman–Crippen LogP) is 5.72. The Labute approximate surface area is 329 Å². The molecule has 2 heterocycles. The van der Waals surface area contributed by atoms with Gasteiger partial charge in [0, 0.05) is 25.5 Å². The summed E-state index contributed by atoms with van der Waals surface area (Å²) in [6, 6.07) is 32.4. The molecule has 0 saturated heterocycles. The van der Waals surface area contributed by atoms with Crippen LogP contribution in [0.4, 0.5) is 0 Å². The van der Waals surface area contributed by atoms with Crippen molar-refractivity contribution >= 4 is 23.9 Å². The second-order valence-electron chi connectivity index (χ2n) is 13.1. The highest BCUT2D eigenvalue weighted by Crippen LogP contribution is 2.32. The van der Waals surface area contributed by atoms with Crippen LogP contribution in [0.3, 0.4) is 0 Å². The Morgan fingerprint density at radius 3 is 1.02 bits per heavy atom. The molecule has 4 N–H and O–H groups in total. The van der Waals surface area contributed by atoms with Gasteiger partial charge in [-0.3, -0.25) is 29.1 Å². The van der Waals surface area contributed by atoms with Crippen molar-refractivity contribution in [3.8, 4) is 0 Å². The van der Waals surface area contributed by atoms with E-state index in [0.29, 0.717) is 13.2 Å². The zero-order valence-corrected chi connectivity index (χ0v) is 33.1. The molecule has 0 bridgehead atoms. The summed E-state index contributed by atoms with van der Waals surface area (Å²) in [5.41, 5.74) is 3.08. The van der Waals surface area contributed by atoms with Crippen LogP contribution in [0, 0.1) is 0 Å². The molecule has 2 aromatic carbocycles. The standard InChI is InChI=1S/2C17H22N2O.2C4H6O4/c2*1-17(20-14-13-19(2)3,15-9-5-4-6-10-15)16-11-7-8-12-18-16;2*5-3(6)1-2-4(7)8/h2*4-12H,13-14H2,1-3H3;2*1-2H2,(H,5,6)(H,7,8). The molecule has 0 fully saturated rings. The molecule has 0 aliphatic heterocycles. The number of nitrogens with zero attached hydrogens (tertiary/aromatic N) is 4. The fourth-order valence-corrected chi connectivity index (χ4v) is 4.71. The summed E-state index contributed by atoms with van der Waals surface area (Å²) in [6.07, 6.45) is 2.44. The molecule has 0 radical (unpaired) electrons. The van der Waals surface area contributed by atoms with Crippen LogP contribution in [0.25, 0.3) is 0 Å². The third-order valence-electron chi connectivity index (χ3n) is 7.92. The monoisotopic (exact) mass is 776 g/mol. The highest BCUT2D eigenvalue weighted by molar-refractivity contribution is 5.75. The van der Waals surface area contributed by atoms with Crippen LogP contribution in [-0.2, 0) is 39.9 Å². The third kappa shape index (κ3) is 19.7. The lowest BCUT2D eigenvalue weighted by atomic mass is 9.91. The number of carbonyl (C=O) groups is 4. The summed E-state index contributed by atoms with van der Waals surface area (Å²) in [6.45, 7) is 7.26. The zero-order valence-electron chi connectivity index (χ0n) is 33.1. The van der Waals surface area contributed by atoms with Crippen LogP contribution in [0.1, 0.15) is 62.0 Å². The number of rotatable bonds is 18. The Morgan fingerprint density at radius 2 is 0.786 bits per heavy atom. The quantitative estimate of drug-likeness (QED) is 0.0957. The van der Waals surface area contributed by atoms with Crippen molar-refractivity contribution in [2.75, 3.05) is 54.5 Å². The number of benzene rings is 2. The molecular formula is C42H56N4O10. The average molecular weight is 777 g/mol. The van der Waals surface area contributed by atoms with Gasteiger partial charge in [-0.15, -0.1) is 0 Å². The molecule has 4 rings (SSSR count). The molecule has 2 aromatic heterocycles. The maximum absolute atomic E-state index is 9.64. The zero-order chi connectivity index (χ0) is 42.0. The van der Waals surface area contributed by atoms with E-state index in [1.54, 1.807) is 0 Å². The first-order valence-electron chi connectivity index (χ1n) is 17.9. The Bertz CT molecular complexity index is 1460. The van der Waals surface area contributed by atoms with E-state index in [9.17, 15) is 19.2 Å². The average Bonchev–Trinajstić information content (AvgIpc) is 3.18. The smallest absolute Gasteiger partial charge is 0.303 e. The van der Waals surface area contributed by atoms with Gasteiger partial charge in [-0.25, -0.2) is 0 Å². The molecule has 0 aliphatic rings. The van der Waals surface area contributed by atoms with Crippen molar-refractivity contribution < 1.29 is 49.1 Å². The summed E-state index contributed by atoms with van der Waals surface area (Å²) in [7, 11) is 8.18. The van der Waals surface area contributed by atoms with E-state index in [-0.39, 0.29) is 25.7 Å². The van der Waals surface area contributed by atoms with E-state index in [1.165, 1.54) is 0 Å². The number of carboxylic acids is 4. The molecule has 0 spiro atoms. The molecule has 0 aliphatic carbocycles. The van der Waals surface area contributed by atoms with Crippen LogP contribution in [0.2, 0.25) is 0 Å². The maximum atomic E-state index is 9.64. The van der Waals surface area contributed by atoms with Crippen LogP contribution < -0.4 is 0 Å².